The molecule has 27 heavy (non-hydrogen) atoms. The number of carbonyl (C=O) groups excluding carboxylic acids is 1. The fourth-order valence-electron chi connectivity index (χ4n) is 2.03. The van der Waals surface area contributed by atoms with Gasteiger partial charge < -0.3 is 10.6 Å². The van der Waals surface area contributed by atoms with Gasteiger partial charge in [-0.3, -0.25) is 4.79 Å². The molecule has 0 saturated carbocycles. The van der Waals surface area contributed by atoms with Crippen LogP contribution in [0.25, 0.3) is 0 Å². The normalized spacial score (nSPS) is 10.6. The summed E-state index contributed by atoms with van der Waals surface area (Å²) in [5.74, 6) is -5.90. The maximum absolute atomic E-state index is 13.6. The van der Waals surface area contributed by atoms with E-state index in [0.717, 1.165) is 24.5 Å². The van der Waals surface area contributed by atoms with Crippen molar-refractivity contribution in [2.75, 3.05) is 10.6 Å². The van der Waals surface area contributed by atoms with Crippen molar-refractivity contribution >= 4 is 34.8 Å². The monoisotopic (exact) mass is 396 g/mol. The molecule has 3 rings (SSSR count). The molecule has 0 aliphatic carbocycles. The van der Waals surface area contributed by atoms with Crippen LogP contribution in [0, 0.1) is 23.3 Å². The predicted octanol–water partition coefficient (Wildman–Crippen LogP) is 4.68. The second kappa shape index (κ2) is 7.58. The van der Waals surface area contributed by atoms with Gasteiger partial charge in [0.15, 0.2) is 17.5 Å². The maximum Gasteiger partial charge on any atom is 0.258 e. The Morgan fingerprint density at radius 3 is 2.26 bits per heavy atom. The standard InChI is InChI=1S/C17H9ClF4N4O/c18-10-5-9(1-2-11(10)19)25-17-23-6-8(7-24-17)16(27)26-13-4-3-12(20)14(21)15(13)22/h1-7H,(H,26,27)(H,23,24,25). The Labute approximate surface area is 155 Å². The molecule has 0 aliphatic heterocycles. The molecule has 0 atom stereocenters. The highest BCUT2D eigenvalue weighted by Gasteiger charge is 2.16. The Bertz CT molecular complexity index is 1010. The molecule has 2 N–H and O–H groups in total. The van der Waals surface area contributed by atoms with Crippen molar-refractivity contribution < 1.29 is 22.4 Å². The molecule has 0 bridgehead atoms. The maximum atomic E-state index is 13.6. The molecule has 5 nitrogen and oxygen atoms in total. The number of nitrogens with zero attached hydrogens (tertiary/aromatic N) is 2. The summed E-state index contributed by atoms with van der Waals surface area (Å²) in [6.45, 7) is 0. The highest BCUT2D eigenvalue weighted by Crippen LogP contribution is 2.22. The Morgan fingerprint density at radius 2 is 1.59 bits per heavy atom. The topological polar surface area (TPSA) is 66.9 Å². The number of halogens is 5. The third kappa shape index (κ3) is 4.14. The van der Waals surface area contributed by atoms with Crippen molar-refractivity contribution in [3.05, 3.63) is 76.6 Å². The van der Waals surface area contributed by atoms with Gasteiger partial charge in [0.1, 0.15) is 5.82 Å². The molecule has 2 aromatic carbocycles. The number of aromatic nitrogens is 2. The van der Waals surface area contributed by atoms with Crippen molar-refractivity contribution in [2.24, 2.45) is 0 Å². The smallest absolute Gasteiger partial charge is 0.258 e. The number of amides is 1. The minimum Gasteiger partial charge on any atom is -0.324 e. The molecule has 0 fully saturated rings. The summed E-state index contributed by atoms with van der Waals surface area (Å²) in [7, 11) is 0. The number of hydrogen-bond acceptors (Lipinski definition) is 4. The van der Waals surface area contributed by atoms with E-state index in [9.17, 15) is 22.4 Å². The minimum atomic E-state index is -1.69. The van der Waals surface area contributed by atoms with Gasteiger partial charge in [-0.2, -0.15) is 0 Å². The minimum absolute atomic E-state index is 0.0539. The lowest BCUT2D eigenvalue weighted by Gasteiger charge is -2.08. The molecule has 3 aromatic rings. The molecule has 138 valence electrons. The number of rotatable bonds is 4. The average Bonchev–Trinajstić information content (AvgIpc) is 2.66. The summed E-state index contributed by atoms with van der Waals surface area (Å²) in [6, 6.07) is 5.47. The van der Waals surface area contributed by atoms with Crippen molar-refractivity contribution in [1.82, 2.24) is 9.97 Å². The van der Waals surface area contributed by atoms with E-state index in [1.165, 1.54) is 12.1 Å². The first-order valence-corrected chi connectivity index (χ1v) is 7.72. The van der Waals surface area contributed by atoms with Gasteiger partial charge in [-0.15, -0.1) is 0 Å². The molecule has 1 heterocycles. The van der Waals surface area contributed by atoms with Crippen LogP contribution in [-0.2, 0) is 0 Å². The molecule has 0 aliphatic rings. The molecular weight excluding hydrogens is 388 g/mol. The third-order valence-electron chi connectivity index (χ3n) is 3.37. The number of anilines is 3. The van der Waals surface area contributed by atoms with E-state index in [4.69, 9.17) is 11.6 Å². The molecule has 0 saturated heterocycles. The molecule has 10 heteroatoms. The Hall–Kier alpha value is -3.20. The molecule has 0 radical (unpaired) electrons. The van der Waals surface area contributed by atoms with Gasteiger partial charge in [-0.1, -0.05) is 11.6 Å². The van der Waals surface area contributed by atoms with Gasteiger partial charge in [0.2, 0.25) is 5.95 Å². The molecule has 0 unspecified atom stereocenters. The third-order valence-corrected chi connectivity index (χ3v) is 3.66. The summed E-state index contributed by atoms with van der Waals surface area (Å²) < 4.78 is 52.8. The van der Waals surface area contributed by atoms with Crippen LogP contribution in [0.2, 0.25) is 5.02 Å². The van der Waals surface area contributed by atoms with Crippen LogP contribution < -0.4 is 10.6 Å². The summed E-state index contributed by atoms with van der Waals surface area (Å²) in [6.07, 6.45) is 2.27. The molecule has 0 spiro atoms. The van der Waals surface area contributed by atoms with Gasteiger partial charge in [-0.05, 0) is 30.3 Å². The summed E-state index contributed by atoms with van der Waals surface area (Å²) in [4.78, 5) is 19.9. The van der Waals surface area contributed by atoms with E-state index < -0.39 is 34.9 Å². The van der Waals surface area contributed by atoms with Gasteiger partial charge in [0.25, 0.3) is 5.91 Å². The Balaban J connectivity index is 1.72. The van der Waals surface area contributed by atoms with Crippen molar-refractivity contribution in [3.63, 3.8) is 0 Å². The van der Waals surface area contributed by atoms with Crippen LogP contribution >= 0.6 is 11.6 Å². The summed E-state index contributed by atoms with van der Waals surface area (Å²) in [5, 5.41) is 4.76. The van der Waals surface area contributed by atoms with Crippen LogP contribution in [0.1, 0.15) is 10.4 Å². The van der Waals surface area contributed by atoms with Crippen LogP contribution in [0.5, 0.6) is 0 Å². The summed E-state index contributed by atoms with van der Waals surface area (Å²) >= 11 is 5.67. The van der Waals surface area contributed by atoms with E-state index in [1.54, 1.807) is 0 Å². The highest BCUT2D eigenvalue weighted by molar-refractivity contribution is 6.31. The van der Waals surface area contributed by atoms with Gasteiger partial charge in [0, 0.05) is 18.1 Å². The second-order valence-corrected chi connectivity index (χ2v) is 5.63. The molecular formula is C17H9ClF4N4O. The number of nitrogens with one attached hydrogen (secondary N) is 2. The van der Waals surface area contributed by atoms with Crippen LogP contribution in [0.15, 0.2) is 42.7 Å². The van der Waals surface area contributed by atoms with Gasteiger partial charge in [0.05, 0.1) is 16.3 Å². The lowest BCUT2D eigenvalue weighted by atomic mass is 10.2. The fraction of sp³-hybridized carbons (Fsp3) is 0. The number of benzene rings is 2. The summed E-state index contributed by atoms with van der Waals surface area (Å²) in [5.41, 5.74) is -0.161. The quantitative estimate of drug-likeness (QED) is 0.496. The number of carbonyl (C=O) groups is 1. The van der Waals surface area contributed by atoms with E-state index in [1.807, 2.05) is 0 Å². The Kier molecular flexibility index (Phi) is 5.22. The molecule has 1 amide bonds. The van der Waals surface area contributed by atoms with Crippen molar-refractivity contribution in [2.45, 2.75) is 0 Å². The van der Waals surface area contributed by atoms with Crippen LogP contribution in [-0.4, -0.2) is 15.9 Å². The lowest BCUT2D eigenvalue weighted by molar-refractivity contribution is 0.102. The molecule has 1 aromatic heterocycles. The first kappa shape index (κ1) is 18.6. The zero-order valence-corrected chi connectivity index (χ0v) is 14.0. The fourth-order valence-corrected chi connectivity index (χ4v) is 2.21. The average molecular weight is 397 g/mol. The zero-order chi connectivity index (χ0) is 19.6. The van der Waals surface area contributed by atoms with Crippen LogP contribution in [0.3, 0.4) is 0 Å². The SMILES string of the molecule is O=C(Nc1ccc(F)c(F)c1F)c1cnc(Nc2ccc(F)c(Cl)c2)nc1. The van der Waals surface area contributed by atoms with E-state index >= 15 is 0 Å². The highest BCUT2D eigenvalue weighted by atomic mass is 35.5. The first-order chi connectivity index (χ1) is 12.8. The largest absolute Gasteiger partial charge is 0.324 e. The predicted molar refractivity (Wildman–Crippen MR) is 91.0 cm³/mol. The first-order valence-electron chi connectivity index (χ1n) is 7.34. The zero-order valence-electron chi connectivity index (χ0n) is 13.2. The Morgan fingerprint density at radius 1 is 0.926 bits per heavy atom. The van der Waals surface area contributed by atoms with Gasteiger partial charge >= 0.3 is 0 Å². The van der Waals surface area contributed by atoms with E-state index in [0.29, 0.717) is 11.8 Å². The van der Waals surface area contributed by atoms with E-state index in [-0.39, 0.29) is 16.5 Å². The second-order valence-electron chi connectivity index (χ2n) is 5.23. The van der Waals surface area contributed by atoms with E-state index in [2.05, 4.69) is 20.6 Å². The lowest BCUT2D eigenvalue weighted by Crippen LogP contribution is -2.15. The number of hydrogen-bond donors (Lipinski definition) is 2. The van der Waals surface area contributed by atoms with Crippen molar-refractivity contribution in [3.8, 4) is 0 Å². The van der Waals surface area contributed by atoms with Crippen LogP contribution in [0.4, 0.5) is 34.9 Å². The van der Waals surface area contributed by atoms with Crippen molar-refractivity contribution in [1.29, 1.82) is 0 Å². The van der Waals surface area contributed by atoms with Gasteiger partial charge in [-0.25, -0.2) is 27.5 Å².